The van der Waals surface area contributed by atoms with Crippen molar-refractivity contribution in [2.75, 3.05) is 0 Å². The molecule has 0 amide bonds. The van der Waals surface area contributed by atoms with Gasteiger partial charge in [-0.1, -0.05) is 199 Å². The fraction of sp³-hybridized carbons (Fsp3) is 0.141. The molecule has 5 heterocycles. The van der Waals surface area contributed by atoms with Crippen LogP contribution >= 0.6 is 0 Å². The number of fused-ring (bicyclic) bond motifs is 6. The van der Waals surface area contributed by atoms with Crippen molar-refractivity contribution in [2.24, 2.45) is 0 Å². The fourth-order valence-electron chi connectivity index (χ4n) is 12.5. The van der Waals surface area contributed by atoms with Crippen molar-refractivity contribution in [1.82, 2.24) is 33.7 Å². The zero-order chi connectivity index (χ0) is 58.3. The van der Waals surface area contributed by atoms with E-state index in [1.165, 1.54) is 27.8 Å². The van der Waals surface area contributed by atoms with Crippen LogP contribution in [0.5, 0.6) is 0 Å². The summed E-state index contributed by atoms with van der Waals surface area (Å²) in [4.78, 5) is 26.0. The van der Waals surface area contributed by atoms with Crippen LogP contribution in [0.1, 0.15) is 70.1 Å². The number of rotatable bonds is 9. The molecule has 85 heavy (non-hydrogen) atoms. The van der Waals surface area contributed by atoms with Crippen molar-refractivity contribution in [1.29, 1.82) is 0 Å². The van der Waals surface area contributed by atoms with E-state index in [9.17, 15) is 0 Å². The first-order valence-corrected chi connectivity index (χ1v) is 29.4. The van der Waals surface area contributed by atoms with Crippen molar-refractivity contribution in [3.63, 3.8) is 0 Å². The molecule has 0 N–H and O–H groups in total. The van der Waals surface area contributed by atoms with Crippen LogP contribution in [0.3, 0.4) is 0 Å². The van der Waals surface area contributed by atoms with Gasteiger partial charge in [0.25, 0.3) is 0 Å². The minimum absolute atomic E-state index is 0.207. The van der Waals surface area contributed by atoms with Gasteiger partial charge in [0.1, 0.15) is 22.9 Å². The first-order chi connectivity index (χ1) is 41.1. The lowest BCUT2D eigenvalue weighted by Crippen LogP contribution is -2.18. The van der Waals surface area contributed by atoms with Crippen LogP contribution in [0.25, 0.3) is 133 Å². The van der Waals surface area contributed by atoms with Crippen LogP contribution in [-0.2, 0) is 10.8 Å². The highest BCUT2D eigenvalue weighted by molar-refractivity contribution is 6.00. The monoisotopic (exact) mass is 1100 g/mol. The zero-order valence-corrected chi connectivity index (χ0v) is 49.6. The van der Waals surface area contributed by atoms with E-state index in [1.807, 2.05) is 6.20 Å². The van der Waals surface area contributed by atoms with Crippen LogP contribution in [0, 0.1) is 20.8 Å². The molecule has 0 spiro atoms. The van der Waals surface area contributed by atoms with Crippen LogP contribution in [0.15, 0.2) is 231 Å². The maximum absolute atomic E-state index is 5.37. The number of nitrogens with zero attached hydrogens (tertiary/aromatic N) is 7. The maximum Gasteiger partial charge on any atom is 0.147 e. The van der Waals surface area contributed by atoms with Gasteiger partial charge < -0.3 is 0 Å². The third kappa shape index (κ3) is 9.75. The topological polar surface area (TPSA) is 73.3 Å². The zero-order valence-electron chi connectivity index (χ0n) is 49.6. The molecule has 0 unspecified atom stereocenters. The van der Waals surface area contributed by atoms with E-state index in [0.29, 0.717) is 0 Å². The summed E-state index contributed by atoms with van der Waals surface area (Å²) in [6.07, 6.45) is 6.24. The lowest BCUT2D eigenvalue weighted by atomic mass is 9.86. The molecular formula is C78H65N7. The third-order valence-electron chi connectivity index (χ3n) is 16.5. The van der Waals surface area contributed by atoms with Gasteiger partial charge in [0.15, 0.2) is 0 Å². The quantitative estimate of drug-likeness (QED) is 0.144. The van der Waals surface area contributed by atoms with Gasteiger partial charge in [-0.2, -0.15) is 0 Å². The lowest BCUT2D eigenvalue weighted by Gasteiger charge is -2.21. The molecule has 5 aromatic heterocycles. The highest BCUT2D eigenvalue weighted by Gasteiger charge is 2.25. The molecule has 0 saturated heterocycles. The van der Waals surface area contributed by atoms with E-state index >= 15 is 0 Å². The molecule has 14 rings (SSSR count). The highest BCUT2D eigenvalue weighted by Crippen LogP contribution is 2.44. The van der Waals surface area contributed by atoms with E-state index in [4.69, 9.17) is 24.9 Å². The van der Waals surface area contributed by atoms with Crippen molar-refractivity contribution < 1.29 is 0 Å². The number of hydrogen-bond acceptors (Lipinski definition) is 5. The number of aromatic nitrogens is 7. The van der Waals surface area contributed by atoms with Crippen LogP contribution in [0.2, 0.25) is 0 Å². The molecule has 412 valence electrons. The Hall–Kier alpha value is -10.1. The van der Waals surface area contributed by atoms with Gasteiger partial charge in [-0.15, -0.1) is 0 Å². The fourth-order valence-corrected chi connectivity index (χ4v) is 12.5. The summed E-state index contributed by atoms with van der Waals surface area (Å²) in [5.74, 6) is 1.96. The molecule has 0 saturated carbocycles. The van der Waals surface area contributed by atoms with Crippen molar-refractivity contribution in [2.45, 2.75) is 73.1 Å². The second kappa shape index (κ2) is 20.6. The minimum Gasteiger partial charge on any atom is -0.287 e. The standard InChI is InChI=1S/C78H65N7/c1-48-38-52(51-20-11-10-12-21-51)30-34-61(48)53-22-19-23-56(39-53)70-37-33-57(45-79-70)64-26-15-18-29-67(64)60-41-58(65-27-16-13-24-62(65)54-31-35-68-71(43-54)82-75(77(4,5)6)84-46-49(2)80-73(68)84)40-59(42-60)66-28-17-14-25-63(66)55-32-36-69-72(44-55)83-76(78(7,8)9)85-47-50(3)81-74(69)85/h10-47H,1-9H3. The van der Waals surface area contributed by atoms with Gasteiger partial charge in [-0.3, -0.25) is 13.8 Å². The predicted octanol–water partition coefficient (Wildman–Crippen LogP) is 20.0. The van der Waals surface area contributed by atoms with Crippen molar-refractivity contribution in [3.05, 3.63) is 260 Å². The number of aryl methyl sites for hydroxylation is 3. The number of benzene rings is 9. The molecule has 14 aromatic rings. The van der Waals surface area contributed by atoms with Crippen molar-refractivity contribution >= 4 is 33.1 Å². The summed E-state index contributed by atoms with van der Waals surface area (Å²) in [6, 6.07) is 77.2. The van der Waals surface area contributed by atoms with E-state index < -0.39 is 0 Å². The SMILES string of the molecule is Cc1cn2c(C(C)(C)C)nc3cc(-c4ccccc4-c4cc(-c5ccccc5-c5ccc(-c6cccc(-c7ccc(-c8ccccc8)cc7C)c6)nc5)cc(-c5ccccc5-c5ccc6c(c5)nc(C(C)(C)C)n5cc(C)nc65)c4)ccc3c2n1. The molecule has 9 aromatic carbocycles. The highest BCUT2D eigenvalue weighted by atomic mass is 15.1. The predicted molar refractivity (Wildman–Crippen MR) is 353 cm³/mol. The summed E-state index contributed by atoms with van der Waals surface area (Å²) < 4.78 is 4.34. The Morgan fingerprint density at radius 1 is 0.306 bits per heavy atom. The van der Waals surface area contributed by atoms with E-state index in [0.717, 1.165) is 134 Å². The molecular weight excluding hydrogens is 1030 g/mol. The first kappa shape index (κ1) is 52.9. The van der Waals surface area contributed by atoms with Gasteiger partial charge in [-0.25, -0.2) is 19.9 Å². The van der Waals surface area contributed by atoms with Crippen LogP contribution < -0.4 is 0 Å². The Morgan fingerprint density at radius 3 is 1.16 bits per heavy atom. The number of imidazole rings is 2. The molecule has 0 atom stereocenters. The third-order valence-corrected chi connectivity index (χ3v) is 16.5. The molecule has 0 aliphatic heterocycles. The normalized spacial score (nSPS) is 12.1. The van der Waals surface area contributed by atoms with Gasteiger partial charge in [0.2, 0.25) is 0 Å². The molecule has 0 fully saturated rings. The molecule has 0 aliphatic rings. The molecule has 7 heteroatoms. The summed E-state index contributed by atoms with van der Waals surface area (Å²) in [7, 11) is 0. The number of pyridine rings is 1. The molecule has 0 aliphatic carbocycles. The minimum atomic E-state index is -0.207. The smallest absolute Gasteiger partial charge is 0.147 e. The van der Waals surface area contributed by atoms with Gasteiger partial charge in [0.05, 0.1) is 28.1 Å². The van der Waals surface area contributed by atoms with Crippen LogP contribution in [0.4, 0.5) is 0 Å². The van der Waals surface area contributed by atoms with Gasteiger partial charge >= 0.3 is 0 Å². The maximum atomic E-state index is 5.37. The van der Waals surface area contributed by atoms with Crippen LogP contribution in [-0.4, -0.2) is 33.7 Å². The summed E-state index contributed by atoms with van der Waals surface area (Å²) in [5, 5.41) is 2.05. The summed E-state index contributed by atoms with van der Waals surface area (Å²) in [5.41, 5.74) is 26.5. The molecule has 0 bridgehead atoms. The van der Waals surface area contributed by atoms with Gasteiger partial charge in [-0.05, 0) is 164 Å². The molecule has 0 radical (unpaired) electrons. The van der Waals surface area contributed by atoms with Crippen molar-refractivity contribution in [3.8, 4) is 100 Å². The Bertz CT molecular complexity index is 4730. The van der Waals surface area contributed by atoms with E-state index in [2.05, 4.69) is 296 Å². The Morgan fingerprint density at radius 2 is 0.706 bits per heavy atom. The van der Waals surface area contributed by atoms with Gasteiger partial charge in [0, 0.05) is 51.3 Å². The number of hydrogen-bond donors (Lipinski definition) is 0. The first-order valence-electron chi connectivity index (χ1n) is 29.4. The summed E-state index contributed by atoms with van der Waals surface area (Å²) >= 11 is 0. The molecule has 7 nitrogen and oxygen atoms in total. The Labute approximate surface area is 497 Å². The summed E-state index contributed by atoms with van der Waals surface area (Å²) in [6.45, 7) is 19.6. The lowest BCUT2D eigenvalue weighted by molar-refractivity contribution is 0.539. The van der Waals surface area contributed by atoms with E-state index in [1.54, 1.807) is 0 Å². The largest absolute Gasteiger partial charge is 0.287 e. The Balaban J connectivity index is 0.901. The average Bonchev–Trinajstić information content (AvgIpc) is 2.94. The van der Waals surface area contributed by atoms with E-state index in [-0.39, 0.29) is 10.8 Å². The second-order valence-electron chi connectivity index (χ2n) is 24.8. The second-order valence-corrected chi connectivity index (χ2v) is 24.8. The Kier molecular flexibility index (Phi) is 12.9. The average molecular weight is 1100 g/mol.